The van der Waals surface area contributed by atoms with Gasteiger partial charge in [0.25, 0.3) is 0 Å². The van der Waals surface area contributed by atoms with Gasteiger partial charge >= 0.3 is 12.5 Å². The lowest BCUT2D eigenvalue weighted by Crippen LogP contribution is -2.34. The lowest BCUT2D eigenvalue weighted by molar-refractivity contribution is -0.274. The van der Waals surface area contributed by atoms with Crippen molar-refractivity contribution >= 4 is 6.09 Å². The van der Waals surface area contributed by atoms with Gasteiger partial charge in [-0.2, -0.15) is 0 Å². The van der Waals surface area contributed by atoms with E-state index in [2.05, 4.69) is 10.1 Å². The average Bonchev–Trinajstić information content (AvgIpc) is 2.75. The topological polar surface area (TPSA) is 58.6 Å². The molecule has 2 N–H and O–H groups in total. The molecule has 0 aromatic heterocycles. The highest BCUT2D eigenvalue weighted by molar-refractivity contribution is 5.72. The lowest BCUT2D eigenvalue weighted by Gasteiger charge is -2.27. The minimum Gasteiger partial charge on any atom is -0.465 e. The Balaban J connectivity index is 2.01. The Labute approximate surface area is 148 Å². The van der Waals surface area contributed by atoms with Crippen LogP contribution in [0, 0.1) is 5.41 Å². The highest BCUT2D eigenvalue weighted by Gasteiger charge is 2.40. The van der Waals surface area contributed by atoms with E-state index in [1.165, 1.54) is 12.1 Å². The van der Waals surface area contributed by atoms with E-state index >= 15 is 0 Å². The highest BCUT2D eigenvalue weighted by Crippen LogP contribution is 2.46. The summed E-state index contributed by atoms with van der Waals surface area (Å²) >= 11 is 0. The van der Waals surface area contributed by atoms with Crippen LogP contribution in [0.4, 0.5) is 18.0 Å². The van der Waals surface area contributed by atoms with Crippen LogP contribution in [0.1, 0.15) is 31.0 Å². The number of halogens is 3. The molecule has 2 aromatic rings. The van der Waals surface area contributed by atoms with Crippen molar-refractivity contribution in [3.05, 3.63) is 53.6 Å². The normalized spacial score (nSPS) is 18.3. The SMILES string of the molecule is CC1(C)Cc2cc(-c3ccccc3OC(F)(F)F)ccc2C1NC(=O)O. The summed E-state index contributed by atoms with van der Waals surface area (Å²) in [5.41, 5.74) is 2.35. The predicted octanol–water partition coefficient (Wildman–Crippen LogP) is 5.14. The molecule has 26 heavy (non-hydrogen) atoms. The van der Waals surface area contributed by atoms with Gasteiger partial charge in [0.05, 0.1) is 6.04 Å². The van der Waals surface area contributed by atoms with Gasteiger partial charge in [0.1, 0.15) is 5.75 Å². The van der Waals surface area contributed by atoms with E-state index in [1.54, 1.807) is 30.3 Å². The number of nitrogens with one attached hydrogen (secondary N) is 1. The van der Waals surface area contributed by atoms with Crippen LogP contribution in [0.5, 0.6) is 5.75 Å². The molecule has 1 amide bonds. The second kappa shape index (κ2) is 6.23. The van der Waals surface area contributed by atoms with E-state index < -0.39 is 12.5 Å². The third-order valence-corrected chi connectivity index (χ3v) is 4.57. The maximum Gasteiger partial charge on any atom is 0.573 e. The highest BCUT2D eigenvalue weighted by atomic mass is 19.4. The van der Waals surface area contributed by atoms with Crippen molar-refractivity contribution < 1.29 is 27.8 Å². The van der Waals surface area contributed by atoms with Crippen molar-refractivity contribution in [3.63, 3.8) is 0 Å². The number of para-hydroxylation sites is 1. The van der Waals surface area contributed by atoms with Crippen LogP contribution in [-0.2, 0) is 6.42 Å². The number of fused-ring (bicyclic) bond motifs is 1. The zero-order chi connectivity index (χ0) is 19.1. The monoisotopic (exact) mass is 365 g/mol. The van der Waals surface area contributed by atoms with Gasteiger partial charge < -0.3 is 15.2 Å². The Kier molecular flexibility index (Phi) is 4.34. The minimum absolute atomic E-state index is 0.266. The summed E-state index contributed by atoms with van der Waals surface area (Å²) in [7, 11) is 0. The van der Waals surface area contributed by atoms with Crippen molar-refractivity contribution in [2.45, 2.75) is 32.7 Å². The van der Waals surface area contributed by atoms with E-state index in [1.807, 2.05) is 13.8 Å². The quantitative estimate of drug-likeness (QED) is 0.791. The molecule has 1 atom stereocenters. The Bertz CT molecular complexity index is 846. The first kappa shape index (κ1) is 18.1. The summed E-state index contributed by atoms with van der Waals surface area (Å²) < 4.78 is 42.1. The summed E-state index contributed by atoms with van der Waals surface area (Å²) in [6.45, 7) is 3.90. The van der Waals surface area contributed by atoms with Crippen LogP contribution in [0.25, 0.3) is 11.1 Å². The molecule has 0 bridgehead atoms. The van der Waals surface area contributed by atoms with Crippen molar-refractivity contribution in [1.82, 2.24) is 5.32 Å². The Morgan fingerprint density at radius 2 is 1.92 bits per heavy atom. The standard InChI is InChI=1S/C19H18F3NO3/c1-18(2)10-12-9-11(7-8-14(12)16(18)23-17(24)25)13-5-3-4-6-15(13)26-19(20,21)22/h3-9,16,23H,10H2,1-2H3,(H,24,25). The number of hydrogen-bond donors (Lipinski definition) is 2. The molecule has 138 valence electrons. The number of alkyl halides is 3. The van der Waals surface area contributed by atoms with Gasteiger partial charge in [0.15, 0.2) is 0 Å². The first-order chi connectivity index (χ1) is 12.1. The second-order valence-corrected chi connectivity index (χ2v) is 7.01. The number of amides is 1. The number of carbonyl (C=O) groups is 1. The zero-order valence-electron chi connectivity index (χ0n) is 14.2. The molecule has 0 aliphatic heterocycles. The number of hydrogen-bond acceptors (Lipinski definition) is 2. The largest absolute Gasteiger partial charge is 0.573 e. The van der Waals surface area contributed by atoms with Crippen molar-refractivity contribution in [3.8, 4) is 16.9 Å². The van der Waals surface area contributed by atoms with Crippen LogP contribution in [-0.4, -0.2) is 17.6 Å². The minimum atomic E-state index is -4.77. The first-order valence-electron chi connectivity index (χ1n) is 8.04. The molecule has 0 spiro atoms. The van der Waals surface area contributed by atoms with E-state index in [0.717, 1.165) is 11.1 Å². The van der Waals surface area contributed by atoms with Gasteiger partial charge in [-0.15, -0.1) is 13.2 Å². The molecular formula is C19H18F3NO3. The van der Waals surface area contributed by atoms with Crippen molar-refractivity contribution in [2.24, 2.45) is 5.41 Å². The molecule has 3 rings (SSSR count). The summed E-state index contributed by atoms with van der Waals surface area (Å²) in [5.74, 6) is -0.266. The molecule has 7 heteroatoms. The third-order valence-electron chi connectivity index (χ3n) is 4.57. The molecule has 2 aromatic carbocycles. The van der Waals surface area contributed by atoms with Gasteiger partial charge in [0, 0.05) is 5.56 Å². The molecular weight excluding hydrogens is 347 g/mol. The molecule has 0 saturated carbocycles. The lowest BCUT2D eigenvalue weighted by atomic mass is 9.85. The average molecular weight is 365 g/mol. The fraction of sp³-hybridized carbons (Fsp3) is 0.316. The number of rotatable bonds is 3. The number of benzene rings is 2. The van der Waals surface area contributed by atoms with Gasteiger partial charge in [-0.3, -0.25) is 0 Å². The van der Waals surface area contributed by atoms with Gasteiger partial charge in [0.2, 0.25) is 0 Å². The van der Waals surface area contributed by atoms with Crippen molar-refractivity contribution in [1.29, 1.82) is 0 Å². The smallest absolute Gasteiger partial charge is 0.465 e. The molecule has 4 nitrogen and oxygen atoms in total. The molecule has 0 radical (unpaired) electrons. The van der Waals surface area contributed by atoms with Gasteiger partial charge in [-0.1, -0.05) is 50.2 Å². The molecule has 0 heterocycles. The molecule has 0 saturated heterocycles. The third kappa shape index (κ3) is 3.61. The van der Waals surface area contributed by atoms with Crippen LogP contribution in [0.3, 0.4) is 0 Å². The number of carboxylic acid groups (broad SMARTS) is 1. The maximum atomic E-state index is 12.6. The Morgan fingerprint density at radius 1 is 1.23 bits per heavy atom. The fourth-order valence-electron chi connectivity index (χ4n) is 3.54. The zero-order valence-corrected chi connectivity index (χ0v) is 14.2. The van der Waals surface area contributed by atoms with Crippen LogP contribution in [0.15, 0.2) is 42.5 Å². The van der Waals surface area contributed by atoms with Crippen LogP contribution in [0.2, 0.25) is 0 Å². The van der Waals surface area contributed by atoms with Gasteiger partial charge in [-0.25, -0.2) is 4.79 Å². The second-order valence-electron chi connectivity index (χ2n) is 7.01. The fourth-order valence-corrected chi connectivity index (χ4v) is 3.54. The summed E-state index contributed by atoms with van der Waals surface area (Å²) in [5, 5.41) is 11.6. The Hall–Kier alpha value is -2.70. The van der Waals surface area contributed by atoms with E-state index in [0.29, 0.717) is 17.5 Å². The van der Waals surface area contributed by atoms with Gasteiger partial charge in [-0.05, 0) is 34.6 Å². The maximum absolute atomic E-state index is 12.6. The van der Waals surface area contributed by atoms with E-state index in [-0.39, 0.29) is 17.2 Å². The summed E-state index contributed by atoms with van der Waals surface area (Å²) in [6, 6.07) is 10.9. The number of ether oxygens (including phenoxy) is 1. The molecule has 0 fully saturated rings. The van der Waals surface area contributed by atoms with Crippen LogP contribution < -0.4 is 10.1 Å². The van der Waals surface area contributed by atoms with Crippen LogP contribution >= 0.6 is 0 Å². The summed E-state index contributed by atoms with van der Waals surface area (Å²) in [6.07, 6.45) is -5.27. The van der Waals surface area contributed by atoms with Crippen molar-refractivity contribution in [2.75, 3.05) is 0 Å². The molecule has 1 aliphatic carbocycles. The van der Waals surface area contributed by atoms with E-state index in [4.69, 9.17) is 5.11 Å². The first-order valence-corrected chi connectivity index (χ1v) is 8.04. The molecule has 1 aliphatic rings. The molecule has 1 unspecified atom stereocenters. The summed E-state index contributed by atoms with van der Waals surface area (Å²) in [4.78, 5) is 11.1. The predicted molar refractivity (Wildman–Crippen MR) is 89.9 cm³/mol. The van der Waals surface area contributed by atoms with E-state index in [9.17, 15) is 18.0 Å². The Morgan fingerprint density at radius 3 is 2.58 bits per heavy atom.